The van der Waals surface area contributed by atoms with Gasteiger partial charge in [-0.1, -0.05) is 51.5 Å². The molecule has 0 aliphatic rings. The van der Waals surface area contributed by atoms with E-state index in [9.17, 15) is 0 Å². The lowest BCUT2D eigenvalue weighted by Gasteiger charge is -2.19. The Morgan fingerprint density at radius 2 is 1.85 bits per heavy atom. The summed E-state index contributed by atoms with van der Waals surface area (Å²) >= 11 is 0. The van der Waals surface area contributed by atoms with Crippen molar-refractivity contribution < 1.29 is 0 Å². The van der Waals surface area contributed by atoms with Gasteiger partial charge < -0.3 is 0 Å². The van der Waals surface area contributed by atoms with Gasteiger partial charge in [-0.3, -0.25) is 0 Å². The molecule has 0 bridgehead atoms. The third-order valence-corrected chi connectivity index (χ3v) is 3.33. The maximum atomic E-state index is 9.09. The highest BCUT2D eigenvalue weighted by atomic mass is 15.4. The molecule has 2 aromatic rings. The van der Waals surface area contributed by atoms with Crippen LogP contribution in [-0.4, -0.2) is 15.0 Å². The van der Waals surface area contributed by atoms with Crippen molar-refractivity contribution in [2.75, 3.05) is 0 Å². The zero-order chi connectivity index (χ0) is 14.8. The van der Waals surface area contributed by atoms with Gasteiger partial charge >= 0.3 is 0 Å². The van der Waals surface area contributed by atoms with Crippen LogP contribution in [0.3, 0.4) is 0 Å². The van der Waals surface area contributed by atoms with Crippen molar-refractivity contribution >= 4 is 0 Å². The van der Waals surface area contributed by atoms with Gasteiger partial charge in [-0.05, 0) is 29.5 Å². The molecule has 1 aromatic heterocycles. The first kappa shape index (κ1) is 14.3. The van der Waals surface area contributed by atoms with Crippen molar-refractivity contribution in [2.45, 2.75) is 46.0 Å². The van der Waals surface area contributed by atoms with Crippen molar-refractivity contribution in [1.29, 1.82) is 5.26 Å². The predicted molar refractivity (Wildman–Crippen MR) is 78.8 cm³/mol. The molecule has 104 valence electrons. The van der Waals surface area contributed by atoms with E-state index in [0.29, 0.717) is 5.69 Å². The molecule has 4 heteroatoms. The molecule has 0 aliphatic carbocycles. The number of hydrogen-bond donors (Lipinski definition) is 0. The van der Waals surface area contributed by atoms with Gasteiger partial charge in [0.15, 0.2) is 5.69 Å². The average Bonchev–Trinajstić information content (AvgIpc) is 2.81. The Morgan fingerprint density at radius 1 is 1.20 bits per heavy atom. The fraction of sp³-hybridized carbons (Fsp3) is 0.438. The topological polar surface area (TPSA) is 54.5 Å². The number of aromatic nitrogens is 3. The van der Waals surface area contributed by atoms with Crippen molar-refractivity contribution in [3.8, 4) is 11.8 Å². The molecule has 0 radical (unpaired) electrons. The van der Waals surface area contributed by atoms with Crippen LogP contribution < -0.4 is 0 Å². The molecule has 0 aliphatic heterocycles. The summed E-state index contributed by atoms with van der Waals surface area (Å²) in [6, 6.07) is 10.4. The summed E-state index contributed by atoms with van der Waals surface area (Å²) in [6.07, 6.45) is 1.76. The van der Waals surface area contributed by atoms with Crippen LogP contribution in [0.15, 0.2) is 24.3 Å². The molecule has 1 aromatic carbocycles. The maximum Gasteiger partial charge on any atom is 0.186 e. The van der Waals surface area contributed by atoms with E-state index in [1.54, 1.807) is 4.68 Å². The van der Waals surface area contributed by atoms with Gasteiger partial charge in [0, 0.05) is 0 Å². The highest BCUT2D eigenvalue weighted by Gasteiger charge is 2.16. The third-order valence-electron chi connectivity index (χ3n) is 3.33. The van der Waals surface area contributed by atoms with Gasteiger partial charge in [0.25, 0.3) is 0 Å². The molecular formula is C16H20N4. The zero-order valence-electron chi connectivity index (χ0n) is 12.5. The third kappa shape index (κ3) is 2.72. The van der Waals surface area contributed by atoms with E-state index in [-0.39, 0.29) is 5.41 Å². The molecule has 0 saturated carbocycles. The van der Waals surface area contributed by atoms with E-state index in [1.807, 2.05) is 12.1 Å². The van der Waals surface area contributed by atoms with Crippen LogP contribution in [0.5, 0.6) is 0 Å². The molecular weight excluding hydrogens is 248 g/mol. The van der Waals surface area contributed by atoms with Gasteiger partial charge in [0.05, 0.1) is 11.4 Å². The number of benzene rings is 1. The minimum Gasteiger partial charge on any atom is -0.216 e. The second-order valence-electron chi connectivity index (χ2n) is 5.96. The molecule has 4 nitrogen and oxygen atoms in total. The highest BCUT2D eigenvalue weighted by Crippen LogP contribution is 2.23. The minimum atomic E-state index is 0.130. The fourth-order valence-corrected chi connectivity index (χ4v) is 2.16. The maximum absolute atomic E-state index is 9.09. The Morgan fingerprint density at radius 3 is 2.35 bits per heavy atom. The second kappa shape index (κ2) is 5.46. The first-order valence-electron chi connectivity index (χ1n) is 6.93. The van der Waals surface area contributed by atoms with E-state index in [4.69, 9.17) is 5.26 Å². The van der Waals surface area contributed by atoms with Gasteiger partial charge in [-0.15, -0.1) is 5.10 Å². The van der Waals surface area contributed by atoms with E-state index < -0.39 is 0 Å². The van der Waals surface area contributed by atoms with Crippen LogP contribution in [0.25, 0.3) is 5.69 Å². The lowest BCUT2D eigenvalue weighted by atomic mass is 9.87. The number of nitrogens with zero attached hydrogens (tertiary/aromatic N) is 4. The minimum absolute atomic E-state index is 0.130. The van der Waals surface area contributed by atoms with Crippen molar-refractivity contribution in [2.24, 2.45) is 0 Å². The van der Waals surface area contributed by atoms with E-state index in [1.165, 1.54) is 5.56 Å². The van der Waals surface area contributed by atoms with Crippen LogP contribution in [0.4, 0.5) is 0 Å². The molecule has 1 heterocycles. The summed E-state index contributed by atoms with van der Waals surface area (Å²) in [5.74, 6) is 0. The monoisotopic (exact) mass is 268 g/mol. The van der Waals surface area contributed by atoms with Gasteiger partial charge in [-0.25, -0.2) is 4.68 Å². The number of nitriles is 1. The molecule has 0 atom stereocenters. The van der Waals surface area contributed by atoms with Crippen LogP contribution in [0.1, 0.15) is 51.1 Å². The van der Waals surface area contributed by atoms with Crippen molar-refractivity contribution in [3.05, 3.63) is 41.2 Å². The molecule has 0 saturated heterocycles. The Kier molecular flexibility index (Phi) is 3.89. The summed E-state index contributed by atoms with van der Waals surface area (Å²) in [5.41, 5.74) is 3.67. The molecule has 0 amide bonds. The zero-order valence-corrected chi connectivity index (χ0v) is 12.5. The lowest BCUT2D eigenvalue weighted by Crippen LogP contribution is -2.11. The number of hydrogen-bond acceptors (Lipinski definition) is 3. The van der Waals surface area contributed by atoms with E-state index in [2.05, 4.69) is 56.2 Å². The first-order chi connectivity index (χ1) is 9.47. The average molecular weight is 268 g/mol. The standard InChI is InChI=1S/C16H20N4/c1-5-6-15-14(11-17)18-19-20(15)13-9-7-12(8-10-13)16(2,3)4/h7-10H,5-6H2,1-4H3. The van der Waals surface area contributed by atoms with Gasteiger partial charge in [0.1, 0.15) is 6.07 Å². The fourth-order valence-electron chi connectivity index (χ4n) is 2.16. The molecule has 20 heavy (non-hydrogen) atoms. The normalized spacial score (nSPS) is 11.3. The molecule has 0 fully saturated rings. The SMILES string of the molecule is CCCc1c(C#N)nnn1-c1ccc(C(C)(C)C)cc1. The van der Waals surface area contributed by atoms with Crippen LogP contribution in [0.2, 0.25) is 0 Å². The van der Waals surface area contributed by atoms with E-state index >= 15 is 0 Å². The van der Waals surface area contributed by atoms with Crippen molar-refractivity contribution in [1.82, 2.24) is 15.0 Å². The second-order valence-corrected chi connectivity index (χ2v) is 5.96. The highest BCUT2D eigenvalue weighted by molar-refractivity contribution is 5.39. The summed E-state index contributed by atoms with van der Waals surface area (Å²) in [6.45, 7) is 8.65. The van der Waals surface area contributed by atoms with Crippen molar-refractivity contribution in [3.63, 3.8) is 0 Å². The smallest absolute Gasteiger partial charge is 0.186 e. The van der Waals surface area contributed by atoms with E-state index in [0.717, 1.165) is 24.2 Å². The molecule has 2 rings (SSSR count). The summed E-state index contributed by atoms with van der Waals surface area (Å²) < 4.78 is 1.77. The van der Waals surface area contributed by atoms with Gasteiger partial charge in [-0.2, -0.15) is 5.26 Å². The quantitative estimate of drug-likeness (QED) is 0.857. The summed E-state index contributed by atoms with van der Waals surface area (Å²) in [7, 11) is 0. The van der Waals surface area contributed by atoms with Gasteiger partial charge in [0.2, 0.25) is 0 Å². The lowest BCUT2D eigenvalue weighted by molar-refractivity contribution is 0.590. The molecule has 0 spiro atoms. The summed E-state index contributed by atoms with van der Waals surface area (Å²) in [4.78, 5) is 0. The number of rotatable bonds is 3. The Labute approximate surface area is 120 Å². The molecule has 0 unspecified atom stereocenters. The predicted octanol–water partition coefficient (Wildman–Crippen LogP) is 3.39. The summed E-state index contributed by atoms with van der Waals surface area (Å²) in [5, 5.41) is 17.2. The Bertz CT molecular complexity index is 624. The largest absolute Gasteiger partial charge is 0.216 e. The van der Waals surface area contributed by atoms with Crippen LogP contribution in [0, 0.1) is 11.3 Å². The van der Waals surface area contributed by atoms with Crippen LogP contribution >= 0.6 is 0 Å². The Hall–Kier alpha value is -2.15. The van der Waals surface area contributed by atoms with Crippen LogP contribution in [-0.2, 0) is 11.8 Å². The first-order valence-corrected chi connectivity index (χ1v) is 6.93. The molecule has 0 N–H and O–H groups in total. The Balaban J connectivity index is 2.42.